The van der Waals surface area contributed by atoms with Crippen LogP contribution in [-0.2, 0) is 22.7 Å². The molecule has 0 spiro atoms. The number of carbonyl (C=O) groups is 2. The number of nitrogens with zero attached hydrogens (tertiary/aromatic N) is 2. The van der Waals surface area contributed by atoms with Crippen molar-refractivity contribution in [1.82, 2.24) is 9.88 Å². The van der Waals surface area contributed by atoms with Crippen LogP contribution in [0.1, 0.15) is 33.9 Å². The van der Waals surface area contributed by atoms with Gasteiger partial charge in [0.2, 0.25) is 0 Å². The van der Waals surface area contributed by atoms with E-state index < -0.39 is 23.5 Å². The molecule has 1 fully saturated rings. The van der Waals surface area contributed by atoms with Gasteiger partial charge in [-0.15, -0.1) is 0 Å². The molecule has 38 heavy (non-hydrogen) atoms. The number of hydrogen-bond acceptors (Lipinski definition) is 5. The second-order valence-corrected chi connectivity index (χ2v) is 9.14. The molecule has 0 aliphatic carbocycles. The van der Waals surface area contributed by atoms with E-state index in [-0.39, 0.29) is 17.9 Å². The number of benzene rings is 3. The zero-order valence-electron chi connectivity index (χ0n) is 20.7. The lowest BCUT2D eigenvalue weighted by molar-refractivity contribution is -0.140. The van der Waals surface area contributed by atoms with Crippen LogP contribution < -0.4 is 4.74 Å². The van der Waals surface area contributed by atoms with E-state index in [2.05, 4.69) is 4.98 Å². The Labute approximate surface area is 219 Å². The van der Waals surface area contributed by atoms with Gasteiger partial charge in [-0.3, -0.25) is 14.6 Å². The van der Waals surface area contributed by atoms with Gasteiger partial charge in [0.05, 0.1) is 11.6 Å². The van der Waals surface area contributed by atoms with Gasteiger partial charge < -0.3 is 14.7 Å². The van der Waals surface area contributed by atoms with E-state index >= 15 is 0 Å². The molecule has 1 aliphatic rings. The number of carbonyl (C=O) groups excluding carboxylic acids is 2. The Morgan fingerprint density at radius 2 is 1.71 bits per heavy atom. The van der Waals surface area contributed by atoms with E-state index in [1.807, 2.05) is 31.2 Å². The average molecular weight is 509 g/mol. The van der Waals surface area contributed by atoms with E-state index in [1.165, 1.54) is 29.2 Å². The third kappa shape index (κ3) is 5.18. The Balaban J connectivity index is 1.47. The molecule has 1 saturated heterocycles. The zero-order chi connectivity index (χ0) is 26.6. The maximum atomic E-state index is 13.7. The van der Waals surface area contributed by atoms with Crippen LogP contribution in [0.25, 0.3) is 5.76 Å². The number of Topliss-reactive ketones (excluding diaryl/α,β-unsaturated/α-hetero) is 1. The Morgan fingerprint density at radius 1 is 0.974 bits per heavy atom. The number of amides is 1. The highest BCUT2D eigenvalue weighted by Gasteiger charge is 2.46. The molecule has 1 aliphatic heterocycles. The lowest BCUT2D eigenvalue weighted by Crippen LogP contribution is -2.29. The number of aliphatic hydroxyl groups is 1. The van der Waals surface area contributed by atoms with Gasteiger partial charge in [0.15, 0.2) is 0 Å². The number of ketones is 1. The molecule has 5 rings (SSSR count). The molecule has 1 aromatic heterocycles. The number of aryl methyl sites for hydroxylation is 1. The van der Waals surface area contributed by atoms with Crippen molar-refractivity contribution in [1.29, 1.82) is 0 Å². The number of aliphatic hydroxyl groups excluding tert-OH is 1. The first-order chi connectivity index (χ1) is 18.4. The van der Waals surface area contributed by atoms with E-state index in [9.17, 15) is 19.1 Å². The summed E-state index contributed by atoms with van der Waals surface area (Å²) >= 11 is 0. The fraction of sp³-hybridized carbons (Fsp3) is 0.129. The van der Waals surface area contributed by atoms with Crippen molar-refractivity contribution < 1.29 is 23.8 Å². The lowest BCUT2D eigenvalue weighted by Gasteiger charge is -2.25. The van der Waals surface area contributed by atoms with Crippen LogP contribution in [0.15, 0.2) is 103 Å². The number of pyridine rings is 1. The van der Waals surface area contributed by atoms with E-state index in [0.29, 0.717) is 23.5 Å². The van der Waals surface area contributed by atoms with Gasteiger partial charge in [-0.05, 0) is 66.1 Å². The number of ether oxygens (including phenoxy) is 1. The van der Waals surface area contributed by atoms with Crippen LogP contribution in [0.2, 0.25) is 0 Å². The van der Waals surface area contributed by atoms with Crippen molar-refractivity contribution in [2.45, 2.75) is 26.1 Å². The number of aromatic nitrogens is 1. The first-order valence-corrected chi connectivity index (χ1v) is 12.1. The zero-order valence-corrected chi connectivity index (χ0v) is 20.7. The number of rotatable bonds is 7. The minimum absolute atomic E-state index is 0.0565. The summed E-state index contributed by atoms with van der Waals surface area (Å²) < 4.78 is 19.6. The maximum Gasteiger partial charge on any atom is 0.295 e. The van der Waals surface area contributed by atoms with Crippen molar-refractivity contribution >= 4 is 17.4 Å². The summed E-state index contributed by atoms with van der Waals surface area (Å²) in [7, 11) is 0. The van der Waals surface area contributed by atoms with Gasteiger partial charge in [0.25, 0.3) is 11.7 Å². The summed E-state index contributed by atoms with van der Waals surface area (Å²) in [6.45, 7) is 2.50. The predicted octanol–water partition coefficient (Wildman–Crippen LogP) is 5.73. The first kappa shape index (κ1) is 24.9. The van der Waals surface area contributed by atoms with Crippen molar-refractivity contribution in [3.8, 4) is 5.75 Å². The molecular weight excluding hydrogens is 483 g/mol. The van der Waals surface area contributed by atoms with Crippen LogP contribution in [-0.4, -0.2) is 26.7 Å². The lowest BCUT2D eigenvalue weighted by atomic mass is 9.95. The molecule has 0 unspecified atom stereocenters. The highest BCUT2D eigenvalue weighted by molar-refractivity contribution is 6.46. The second kappa shape index (κ2) is 10.7. The molecule has 4 aromatic rings. The van der Waals surface area contributed by atoms with Crippen LogP contribution in [0, 0.1) is 12.7 Å². The van der Waals surface area contributed by atoms with Crippen molar-refractivity contribution in [3.05, 3.63) is 137 Å². The topological polar surface area (TPSA) is 79.7 Å². The number of likely N-dealkylation sites (tertiary alicyclic amines) is 1. The summed E-state index contributed by atoms with van der Waals surface area (Å²) in [4.78, 5) is 31.8. The minimum Gasteiger partial charge on any atom is -0.507 e. The van der Waals surface area contributed by atoms with Crippen molar-refractivity contribution in [3.63, 3.8) is 0 Å². The SMILES string of the molecule is Cc1cccc(COc2ccc(/C(O)=C3\C(=O)C(=O)N(Cc4cccnc4)[C@@H]3c3ccc(F)cc3)cc2)c1. The standard InChI is InChI=1S/C31H25FN2O4/c1-20-4-2-5-21(16-20)19-38-26-13-9-24(10-14-26)29(35)27-28(23-7-11-25(32)12-8-23)34(31(37)30(27)36)18-22-6-3-15-33-17-22/h2-17,28,35H,18-19H2,1H3/b29-27+/t28-/m1/s1. The van der Waals surface area contributed by atoms with E-state index in [0.717, 1.165) is 16.7 Å². The molecule has 1 amide bonds. The molecule has 1 atom stereocenters. The molecule has 0 bridgehead atoms. The van der Waals surface area contributed by atoms with E-state index in [4.69, 9.17) is 4.74 Å². The Kier molecular flexibility index (Phi) is 7.00. The normalized spacial score (nSPS) is 16.6. The Bertz CT molecular complexity index is 1500. The summed E-state index contributed by atoms with van der Waals surface area (Å²) in [5, 5.41) is 11.3. The molecule has 6 nitrogen and oxygen atoms in total. The first-order valence-electron chi connectivity index (χ1n) is 12.1. The summed E-state index contributed by atoms with van der Waals surface area (Å²) in [6.07, 6.45) is 3.22. The molecule has 0 radical (unpaired) electrons. The fourth-order valence-electron chi connectivity index (χ4n) is 4.56. The van der Waals surface area contributed by atoms with Gasteiger partial charge in [-0.2, -0.15) is 0 Å². The molecule has 3 aromatic carbocycles. The smallest absolute Gasteiger partial charge is 0.295 e. The second-order valence-electron chi connectivity index (χ2n) is 9.14. The Morgan fingerprint density at radius 3 is 2.39 bits per heavy atom. The van der Waals surface area contributed by atoms with E-state index in [1.54, 1.807) is 48.8 Å². The summed E-state index contributed by atoms with van der Waals surface area (Å²) in [5.41, 5.74) is 3.70. The van der Waals surface area contributed by atoms with Gasteiger partial charge in [0.1, 0.15) is 23.9 Å². The molecule has 190 valence electrons. The third-order valence-electron chi connectivity index (χ3n) is 6.42. The highest BCUT2D eigenvalue weighted by Crippen LogP contribution is 2.40. The van der Waals surface area contributed by atoms with Crippen LogP contribution in [0.4, 0.5) is 4.39 Å². The fourth-order valence-corrected chi connectivity index (χ4v) is 4.56. The quantitative estimate of drug-likeness (QED) is 0.196. The van der Waals surface area contributed by atoms with Crippen LogP contribution in [0.3, 0.4) is 0 Å². The van der Waals surface area contributed by atoms with Crippen molar-refractivity contribution in [2.75, 3.05) is 0 Å². The highest BCUT2D eigenvalue weighted by atomic mass is 19.1. The largest absolute Gasteiger partial charge is 0.507 e. The summed E-state index contributed by atoms with van der Waals surface area (Å²) in [6, 6.07) is 22.9. The Hall–Kier alpha value is -4.78. The third-order valence-corrected chi connectivity index (χ3v) is 6.42. The molecule has 7 heteroatoms. The molecule has 0 saturated carbocycles. The average Bonchev–Trinajstić information content (AvgIpc) is 3.18. The van der Waals surface area contributed by atoms with Crippen molar-refractivity contribution in [2.24, 2.45) is 0 Å². The molecule has 2 heterocycles. The molecule has 1 N–H and O–H groups in total. The van der Waals surface area contributed by atoms with Gasteiger partial charge in [-0.25, -0.2) is 4.39 Å². The van der Waals surface area contributed by atoms with Gasteiger partial charge >= 0.3 is 0 Å². The van der Waals surface area contributed by atoms with Gasteiger partial charge in [0, 0.05) is 24.5 Å². The van der Waals surface area contributed by atoms with Crippen LogP contribution in [0.5, 0.6) is 5.75 Å². The van der Waals surface area contributed by atoms with Gasteiger partial charge in [-0.1, -0.05) is 48.0 Å². The minimum atomic E-state index is -0.895. The number of hydrogen-bond donors (Lipinski definition) is 1. The maximum absolute atomic E-state index is 13.7. The van der Waals surface area contributed by atoms with Crippen LogP contribution >= 0.6 is 0 Å². The predicted molar refractivity (Wildman–Crippen MR) is 140 cm³/mol. The molecular formula is C31H25FN2O4. The number of halogens is 1. The monoisotopic (exact) mass is 508 g/mol. The summed E-state index contributed by atoms with van der Waals surface area (Å²) in [5.74, 6) is -1.71.